The summed E-state index contributed by atoms with van der Waals surface area (Å²) < 4.78 is 1.67. The van der Waals surface area contributed by atoms with E-state index in [0.29, 0.717) is 12.3 Å². The Kier molecular flexibility index (Phi) is 5.20. The largest absolute Gasteiger partial charge is 0.480 e. The Morgan fingerprint density at radius 3 is 2.77 bits per heavy atom. The second-order valence-electron chi connectivity index (χ2n) is 5.76. The molecule has 1 aromatic heterocycles. The normalized spacial score (nSPS) is 12.3. The molecular formula is C17H22N2O3. The molecule has 0 saturated heterocycles. The van der Waals surface area contributed by atoms with Gasteiger partial charge < -0.3 is 15.0 Å². The van der Waals surface area contributed by atoms with Gasteiger partial charge in [-0.15, -0.1) is 0 Å². The Morgan fingerprint density at radius 2 is 2.09 bits per heavy atom. The number of anilines is 1. The number of amides is 1. The van der Waals surface area contributed by atoms with E-state index in [9.17, 15) is 9.59 Å². The summed E-state index contributed by atoms with van der Waals surface area (Å²) in [6, 6.07) is 7.37. The van der Waals surface area contributed by atoms with E-state index in [-0.39, 0.29) is 12.5 Å². The van der Waals surface area contributed by atoms with Crippen molar-refractivity contribution < 1.29 is 14.7 Å². The molecule has 0 spiro atoms. The zero-order valence-corrected chi connectivity index (χ0v) is 13.0. The van der Waals surface area contributed by atoms with Gasteiger partial charge in [-0.2, -0.15) is 0 Å². The van der Waals surface area contributed by atoms with Crippen LogP contribution in [-0.4, -0.2) is 21.6 Å². The van der Waals surface area contributed by atoms with Crippen LogP contribution in [-0.2, 0) is 16.1 Å². The summed E-state index contributed by atoms with van der Waals surface area (Å²) in [6.45, 7) is 4.13. The quantitative estimate of drug-likeness (QED) is 0.822. The number of aromatic nitrogens is 1. The molecule has 0 aliphatic rings. The number of hydrogen-bond acceptors (Lipinski definition) is 2. The first-order valence-corrected chi connectivity index (χ1v) is 7.60. The van der Waals surface area contributed by atoms with Crippen molar-refractivity contribution in [2.45, 2.75) is 39.7 Å². The van der Waals surface area contributed by atoms with Crippen LogP contribution >= 0.6 is 0 Å². The molecule has 1 aromatic carbocycles. The lowest BCUT2D eigenvalue weighted by atomic mass is 10.0. The minimum Gasteiger partial charge on any atom is -0.480 e. The summed E-state index contributed by atoms with van der Waals surface area (Å²) in [5, 5.41) is 12.7. The van der Waals surface area contributed by atoms with E-state index < -0.39 is 5.97 Å². The van der Waals surface area contributed by atoms with E-state index in [4.69, 9.17) is 5.11 Å². The average Bonchev–Trinajstić information content (AvgIpc) is 2.80. The van der Waals surface area contributed by atoms with Gasteiger partial charge in [-0.1, -0.05) is 26.7 Å². The van der Waals surface area contributed by atoms with Crippen LogP contribution in [0.3, 0.4) is 0 Å². The third-order valence-electron chi connectivity index (χ3n) is 3.68. The molecule has 5 heteroatoms. The molecule has 0 radical (unpaired) electrons. The minimum absolute atomic E-state index is 0.0188. The summed E-state index contributed by atoms with van der Waals surface area (Å²) in [5.74, 6) is -0.476. The lowest BCUT2D eigenvalue weighted by Gasteiger charge is -2.10. The Hall–Kier alpha value is -2.30. The molecule has 1 atom stereocenters. The minimum atomic E-state index is -0.875. The molecule has 0 aliphatic heterocycles. The van der Waals surface area contributed by atoms with Crippen LogP contribution in [0.25, 0.3) is 10.9 Å². The van der Waals surface area contributed by atoms with Crippen LogP contribution in [0.5, 0.6) is 0 Å². The lowest BCUT2D eigenvalue weighted by Crippen LogP contribution is -2.15. The molecular weight excluding hydrogens is 280 g/mol. The van der Waals surface area contributed by atoms with E-state index in [0.717, 1.165) is 29.4 Å². The number of nitrogens with one attached hydrogen (secondary N) is 1. The first-order valence-electron chi connectivity index (χ1n) is 7.60. The Bertz CT molecular complexity index is 676. The number of rotatable bonds is 7. The number of carbonyl (C=O) groups is 2. The highest BCUT2D eigenvalue weighted by Crippen LogP contribution is 2.21. The van der Waals surface area contributed by atoms with Crippen molar-refractivity contribution in [3.63, 3.8) is 0 Å². The molecule has 118 valence electrons. The van der Waals surface area contributed by atoms with Gasteiger partial charge in [0.2, 0.25) is 5.91 Å². The molecule has 1 unspecified atom stereocenters. The smallest absolute Gasteiger partial charge is 0.323 e. The van der Waals surface area contributed by atoms with Gasteiger partial charge in [0, 0.05) is 29.2 Å². The molecule has 2 aromatic rings. The lowest BCUT2D eigenvalue weighted by molar-refractivity contribution is -0.137. The van der Waals surface area contributed by atoms with Gasteiger partial charge >= 0.3 is 5.97 Å². The van der Waals surface area contributed by atoms with Crippen LogP contribution in [0.1, 0.15) is 33.1 Å². The number of carboxylic acids is 1. The summed E-state index contributed by atoms with van der Waals surface area (Å²) in [6.07, 6.45) is 4.39. The van der Waals surface area contributed by atoms with Crippen molar-refractivity contribution in [2.75, 3.05) is 5.32 Å². The van der Waals surface area contributed by atoms with E-state index >= 15 is 0 Å². The number of aliphatic carboxylic acids is 1. The summed E-state index contributed by atoms with van der Waals surface area (Å²) in [7, 11) is 0. The molecule has 0 aliphatic carbocycles. The number of benzene rings is 1. The molecule has 0 saturated carbocycles. The topological polar surface area (TPSA) is 71.3 Å². The number of fused-ring (bicyclic) bond motifs is 1. The van der Waals surface area contributed by atoms with E-state index in [2.05, 4.69) is 19.2 Å². The number of hydrogen-bond donors (Lipinski definition) is 2. The monoisotopic (exact) mass is 302 g/mol. The zero-order valence-electron chi connectivity index (χ0n) is 13.0. The van der Waals surface area contributed by atoms with Gasteiger partial charge in [0.15, 0.2) is 0 Å². The Labute approximate surface area is 129 Å². The predicted molar refractivity (Wildman–Crippen MR) is 86.9 cm³/mol. The maximum absolute atomic E-state index is 12.0. The van der Waals surface area contributed by atoms with E-state index in [1.807, 2.05) is 24.3 Å². The number of carbonyl (C=O) groups excluding carboxylic acids is 1. The highest BCUT2D eigenvalue weighted by molar-refractivity contribution is 5.94. The van der Waals surface area contributed by atoms with Gasteiger partial charge in [0.25, 0.3) is 0 Å². The summed E-state index contributed by atoms with van der Waals surface area (Å²) in [5.41, 5.74) is 1.59. The van der Waals surface area contributed by atoms with E-state index in [1.165, 1.54) is 0 Å². The predicted octanol–water partition coefficient (Wildman–Crippen LogP) is 3.49. The van der Waals surface area contributed by atoms with Crippen LogP contribution in [0.2, 0.25) is 0 Å². The SMILES string of the molecule is CCCC(C)CC(=O)Nc1ccc2c(ccn2CC(=O)O)c1. The molecule has 2 rings (SSSR count). The second kappa shape index (κ2) is 7.11. The van der Waals surface area contributed by atoms with Crippen molar-refractivity contribution in [1.29, 1.82) is 0 Å². The van der Waals surface area contributed by atoms with Crippen molar-refractivity contribution in [2.24, 2.45) is 5.92 Å². The second-order valence-corrected chi connectivity index (χ2v) is 5.76. The first kappa shape index (κ1) is 16.1. The molecule has 1 amide bonds. The van der Waals surface area contributed by atoms with Crippen molar-refractivity contribution in [3.8, 4) is 0 Å². The Balaban J connectivity index is 2.07. The fourth-order valence-electron chi connectivity index (χ4n) is 2.68. The number of nitrogens with zero attached hydrogens (tertiary/aromatic N) is 1. The molecule has 5 nitrogen and oxygen atoms in total. The first-order chi connectivity index (χ1) is 10.5. The summed E-state index contributed by atoms with van der Waals surface area (Å²) in [4.78, 5) is 22.8. The van der Waals surface area contributed by atoms with Crippen molar-refractivity contribution in [1.82, 2.24) is 4.57 Å². The van der Waals surface area contributed by atoms with Gasteiger partial charge in [0.05, 0.1) is 0 Å². The average molecular weight is 302 g/mol. The fourth-order valence-corrected chi connectivity index (χ4v) is 2.68. The van der Waals surface area contributed by atoms with Crippen molar-refractivity contribution in [3.05, 3.63) is 30.5 Å². The standard InChI is InChI=1S/C17H22N2O3/c1-3-4-12(2)9-16(20)18-14-5-6-15-13(10-14)7-8-19(15)11-17(21)22/h5-8,10,12H,3-4,9,11H2,1-2H3,(H,18,20)(H,21,22). The van der Waals surface area contributed by atoms with Crippen molar-refractivity contribution >= 4 is 28.5 Å². The number of carboxylic acid groups (broad SMARTS) is 1. The Morgan fingerprint density at radius 1 is 1.32 bits per heavy atom. The van der Waals surface area contributed by atoms with Crippen LogP contribution in [0, 0.1) is 5.92 Å². The maximum Gasteiger partial charge on any atom is 0.323 e. The highest BCUT2D eigenvalue weighted by atomic mass is 16.4. The van der Waals surface area contributed by atoms with Gasteiger partial charge in [-0.25, -0.2) is 0 Å². The fraction of sp³-hybridized carbons (Fsp3) is 0.412. The zero-order chi connectivity index (χ0) is 16.1. The van der Waals surface area contributed by atoms with Gasteiger partial charge in [0.1, 0.15) is 6.54 Å². The van der Waals surface area contributed by atoms with Gasteiger partial charge in [-0.3, -0.25) is 9.59 Å². The maximum atomic E-state index is 12.0. The molecule has 2 N–H and O–H groups in total. The summed E-state index contributed by atoms with van der Waals surface area (Å²) >= 11 is 0. The van der Waals surface area contributed by atoms with Crippen LogP contribution < -0.4 is 5.32 Å². The third-order valence-corrected chi connectivity index (χ3v) is 3.68. The van der Waals surface area contributed by atoms with Gasteiger partial charge in [-0.05, 0) is 30.2 Å². The third kappa shape index (κ3) is 4.10. The van der Waals surface area contributed by atoms with Crippen LogP contribution in [0.15, 0.2) is 30.5 Å². The van der Waals surface area contributed by atoms with E-state index in [1.54, 1.807) is 10.8 Å². The highest BCUT2D eigenvalue weighted by Gasteiger charge is 2.10. The molecule has 22 heavy (non-hydrogen) atoms. The molecule has 0 fully saturated rings. The van der Waals surface area contributed by atoms with Crippen LogP contribution in [0.4, 0.5) is 5.69 Å². The molecule has 0 bridgehead atoms. The molecule has 1 heterocycles.